The third-order valence-electron chi connectivity index (χ3n) is 3.49. The van der Waals surface area contributed by atoms with Crippen LogP contribution in [-0.4, -0.2) is 27.1 Å². The Morgan fingerprint density at radius 2 is 2.11 bits per heavy atom. The molecule has 19 heavy (non-hydrogen) atoms. The fourth-order valence-corrected chi connectivity index (χ4v) is 2.05. The molecule has 2 unspecified atom stereocenters. The number of aliphatic hydroxyl groups excluding tert-OH is 1. The zero-order valence-electron chi connectivity index (χ0n) is 11.9. The number of fused-ring (bicyclic) bond motifs is 1. The minimum atomic E-state index is -0.235. The highest BCUT2D eigenvalue weighted by Crippen LogP contribution is 2.13. The molecule has 104 valence electrons. The molecule has 0 radical (unpaired) electrons. The number of imidazole rings is 1. The average molecular weight is 261 g/mol. The summed E-state index contributed by atoms with van der Waals surface area (Å²) in [6.07, 6.45) is 4.59. The Hall–Kier alpha value is -1.39. The summed E-state index contributed by atoms with van der Waals surface area (Å²) in [4.78, 5) is 4.58. The average Bonchev–Trinajstić information content (AvgIpc) is 2.82. The van der Waals surface area contributed by atoms with E-state index in [1.165, 1.54) is 0 Å². The fraction of sp³-hybridized carbons (Fsp3) is 0.533. The summed E-state index contributed by atoms with van der Waals surface area (Å²) < 4.78 is 2.02. The normalized spacial score (nSPS) is 15.0. The minimum Gasteiger partial charge on any atom is -0.393 e. The first kappa shape index (κ1) is 14.0. The maximum absolute atomic E-state index is 9.76. The van der Waals surface area contributed by atoms with Gasteiger partial charge in [-0.1, -0.05) is 19.9 Å². The van der Waals surface area contributed by atoms with Gasteiger partial charge in [0.25, 0.3) is 0 Å². The van der Waals surface area contributed by atoms with Crippen LogP contribution in [0.5, 0.6) is 0 Å². The second-order valence-corrected chi connectivity index (χ2v) is 5.41. The molecular weight excluding hydrogens is 238 g/mol. The van der Waals surface area contributed by atoms with E-state index in [0.29, 0.717) is 5.92 Å². The Bertz CT molecular complexity index is 488. The maximum atomic E-state index is 9.76. The molecule has 4 nitrogen and oxygen atoms in total. The smallest absolute Gasteiger partial charge is 0.137 e. The van der Waals surface area contributed by atoms with Crippen molar-refractivity contribution in [3.63, 3.8) is 0 Å². The topological polar surface area (TPSA) is 49.6 Å². The number of aliphatic hydroxyl groups is 1. The van der Waals surface area contributed by atoms with Gasteiger partial charge in [0.2, 0.25) is 0 Å². The summed E-state index contributed by atoms with van der Waals surface area (Å²) in [5, 5.41) is 13.2. The van der Waals surface area contributed by atoms with Crippen LogP contribution in [0.25, 0.3) is 5.65 Å². The molecule has 0 saturated heterocycles. The van der Waals surface area contributed by atoms with E-state index in [-0.39, 0.29) is 12.1 Å². The molecule has 0 bridgehead atoms. The van der Waals surface area contributed by atoms with Crippen LogP contribution >= 0.6 is 0 Å². The summed E-state index contributed by atoms with van der Waals surface area (Å²) in [7, 11) is 0. The van der Waals surface area contributed by atoms with Gasteiger partial charge in [-0.25, -0.2) is 4.98 Å². The molecule has 0 saturated carbocycles. The minimum absolute atomic E-state index is 0.194. The van der Waals surface area contributed by atoms with Crippen molar-refractivity contribution in [3.05, 3.63) is 36.3 Å². The number of hydrogen-bond acceptors (Lipinski definition) is 3. The Balaban J connectivity index is 1.91. The quantitative estimate of drug-likeness (QED) is 0.839. The third-order valence-corrected chi connectivity index (χ3v) is 3.49. The Kier molecular flexibility index (Phi) is 4.56. The van der Waals surface area contributed by atoms with Crippen molar-refractivity contribution in [2.75, 3.05) is 6.54 Å². The molecule has 2 rings (SSSR count). The van der Waals surface area contributed by atoms with Gasteiger partial charge in [0, 0.05) is 18.4 Å². The predicted octanol–water partition coefficient (Wildman–Crippen LogP) is 2.39. The van der Waals surface area contributed by atoms with Crippen LogP contribution in [0.4, 0.5) is 0 Å². The van der Waals surface area contributed by atoms with E-state index in [2.05, 4.69) is 17.2 Å². The molecule has 2 heterocycles. The number of aromatic nitrogens is 2. The van der Waals surface area contributed by atoms with E-state index >= 15 is 0 Å². The lowest BCUT2D eigenvalue weighted by Gasteiger charge is -2.16. The molecule has 0 aromatic carbocycles. The molecule has 2 N–H and O–H groups in total. The van der Waals surface area contributed by atoms with Gasteiger partial charge in [0.1, 0.15) is 5.65 Å². The van der Waals surface area contributed by atoms with Crippen molar-refractivity contribution >= 4 is 5.65 Å². The summed E-state index contributed by atoms with van der Waals surface area (Å²) in [6, 6.07) is 6.18. The van der Waals surface area contributed by atoms with Crippen LogP contribution in [0.2, 0.25) is 0 Å². The standard InChI is InChI=1S/C15H23N3O/c1-11(2)14(19)7-8-16-12(3)13-10-18-9-5-4-6-15(18)17-13/h4-6,9-12,14,16,19H,7-8H2,1-3H3. The summed E-state index contributed by atoms with van der Waals surface area (Å²) >= 11 is 0. The lowest BCUT2D eigenvalue weighted by molar-refractivity contribution is 0.115. The van der Waals surface area contributed by atoms with Crippen molar-refractivity contribution in [1.82, 2.24) is 14.7 Å². The molecule has 0 spiro atoms. The highest BCUT2D eigenvalue weighted by Gasteiger charge is 2.12. The van der Waals surface area contributed by atoms with Crippen molar-refractivity contribution in [3.8, 4) is 0 Å². The van der Waals surface area contributed by atoms with Crippen LogP contribution in [0, 0.1) is 5.92 Å². The molecule has 2 atom stereocenters. The van der Waals surface area contributed by atoms with Gasteiger partial charge in [-0.15, -0.1) is 0 Å². The van der Waals surface area contributed by atoms with Crippen LogP contribution in [0.1, 0.15) is 38.9 Å². The van der Waals surface area contributed by atoms with Gasteiger partial charge in [-0.2, -0.15) is 0 Å². The lowest BCUT2D eigenvalue weighted by Crippen LogP contribution is -2.26. The second-order valence-electron chi connectivity index (χ2n) is 5.41. The maximum Gasteiger partial charge on any atom is 0.137 e. The first-order chi connectivity index (χ1) is 9.08. The van der Waals surface area contributed by atoms with Crippen molar-refractivity contribution < 1.29 is 5.11 Å². The zero-order valence-corrected chi connectivity index (χ0v) is 11.9. The predicted molar refractivity (Wildman–Crippen MR) is 77.1 cm³/mol. The number of nitrogens with one attached hydrogen (secondary N) is 1. The van der Waals surface area contributed by atoms with Gasteiger partial charge in [-0.3, -0.25) is 0 Å². The molecule has 0 fully saturated rings. The van der Waals surface area contributed by atoms with Crippen LogP contribution in [0.3, 0.4) is 0 Å². The van der Waals surface area contributed by atoms with E-state index in [4.69, 9.17) is 0 Å². The summed E-state index contributed by atoms with van der Waals surface area (Å²) in [5.41, 5.74) is 2.00. The second kappa shape index (κ2) is 6.17. The van der Waals surface area contributed by atoms with Crippen LogP contribution in [0.15, 0.2) is 30.6 Å². The summed E-state index contributed by atoms with van der Waals surface area (Å²) in [6.45, 7) is 6.98. The van der Waals surface area contributed by atoms with E-state index < -0.39 is 0 Å². The molecule has 2 aromatic heterocycles. The van der Waals surface area contributed by atoms with E-state index in [9.17, 15) is 5.11 Å². The molecule has 0 aliphatic carbocycles. The number of hydrogen-bond donors (Lipinski definition) is 2. The van der Waals surface area contributed by atoms with Crippen LogP contribution < -0.4 is 5.32 Å². The van der Waals surface area contributed by atoms with Gasteiger partial charge in [0.05, 0.1) is 11.8 Å². The molecule has 2 aromatic rings. The van der Waals surface area contributed by atoms with E-state index in [0.717, 1.165) is 24.3 Å². The molecule has 0 aliphatic rings. The molecule has 4 heteroatoms. The van der Waals surface area contributed by atoms with E-state index in [1.807, 2.05) is 48.8 Å². The van der Waals surface area contributed by atoms with Gasteiger partial charge in [-0.05, 0) is 37.9 Å². The third kappa shape index (κ3) is 3.55. The lowest BCUT2D eigenvalue weighted by atomic mass is 10.0. The molecular formula is C15H23N3O. The highest BCUT2D eigenvalue weighted by atomic mass is 16.3. The Labute approximate surface area is 114 Å². The van der Waals surface area contributed by atoms with Gasteiger partial charge in [0.15, 0.2) is 0 Å². The number of pyridine rings is 1. The molecule has 0 amide bonds. The van der Waals surface area contributed by atoms with Crippen molar-refractivity contribution in [2.45, 2.75) is 39.3 Å². The van der Waals surface area contributed by atoms with Crippen molar-refractivity contribution in [2.24, 2.45) is 5.92 Å². The largest absolute Gasteiger partial charge is 0.393 e. The first-order valence-electron chi connectivity index (χ1n) is 6.93. The zero-order chi connectivity index (χ0) is 13.8. The van der Waals surface area contributed by atoms with E-state index in [1.54, 1.807) is 0 Å². The number of rotatable bonds is 6. The van der Waals surface area contributed by atoms with Gasteiger partial charge < -0.3 is 14.8 Å². The van der Waals surface area contributed by atoms with Gasteiger partial charge >= 0.3 is 0 Å². The SMILES string of the molecule is CC(NCCC(O)C(C)C)c1cn2ccccc2n1. The van der Waals surface area contributed by atoms with Crippen molar-refractivity contribution in [1.29, 1.82) is 0 Å². The number of nitrogens with zero attached hydrogens (tertiary/aromatic N) is 2. The monoisotopic (exact) mass is 261 g/mol. The first-order valence-corrected chi connectivity index (χ1v) is 6.93. The Morgan fingerprint density at radius 3 is 2.79 bits per heavy atom. The summed E-state index contributed by atoms with van der Waals surface area (Å²) in [5.74, 6) is 0.312. The van der Waals surface area contributed by atoms with Crippen LogP contribution in [-0.2, 0) is 0 Å². The highest BCUT2D eigenvalue weighted by molar-refractivity contribution is 5.39. The Morgan fingerprint density at radius 1 is 1.32 bits per heavy atom. The molecule has 0 aliphatic heterocycles. The fourth-order valence-electron chi connectivity index (χ4n) is 2.05.